The summed E-state index contributed by atoms with van der Waals surface area (Å²) in [5.41, 5.74) is 0.218. The Morgan fingerprint density at radius 1 is 1.10 bits per heavy atom. The van der Waals surface area contributed by atoms with Gasteiger partial charge in [0.1, 0.15) is 5.75 Å². The number of nitrogens with zero attached hydrogens (tertiary/aromatic N) is 1. The van der Waals surface area contributed by atoms with Crippen LogP contribution in [0.1, 0.15) is 12.5 Å². The maximum absolute atomic E-state index is 13.3. The molecule has 0 spiro atoms. The standard InChI is InChI=1S/C12H9F6NO/c1-7(11(14,15)10(13)12(16,17)18)20-9-4-2-8(6-19)3-5-9/h2-5,7,10H,1H3. The highest BCUT2D eigenvalue weighted by Gasteiger charge is 2.60. The van der Waals surface area contributed by atoms with Crippen molar-refractivity contribution in [1.82, 2.24) is 0 Å². The van der Waals surface area contributed by atoms with E-state index in [4.69, 9.17) is 5.26 Å². The average Bonchev–Trinajstić information content (AvgIpc) is 2.37. The zero-order valence-electron chi connectivity index (χ0n) is 10.1. The lowest BCUT2D eigenvalue weighted by molar-refractivity contribution is -0.262. The molecule has 0 aliphatic carbocycles. The number of hydrogen-bond acceptors (Lipinski definition) is 2. The summed E-state index contributed by atoms with van der Waals surface area (Å²) < 4.78 is 79.9. The van der Waals surface area contributed by atoms with E-state index in [9.17, 15) is 26.3 Å². The Balaban J connectivity index is 2.83. The number of hydrogen-bond donors (Lipinski definition) is 0. The first-order valence-electron chi connectivity index (χ1n) is 5.34. The SMILES string of the molecule is CC(Oc1ccc(C#N)cc1)C(F)(F)C(F)C(F)(F)F. The Hall–Kier alpha value is -1.91. The fraction of sp³-hybridized carbons (Fsp3) is 0.417. The molecule has 1 aromatic rings. The molecular formula is C12H9F6NO. The topological polar surface area (TPSA) is 33.0 Å². The molecule has 0 fully saturated rings. The molecule has 0 saturated carbocycles. The zero-order valence-corrected chi connectivity index (χ0v) is 10.1. The molecule has 2 atom stereocenters. The van der Waals surface area contributed by atoms with Crippen LogP contribution >= 0.6 is 0 Å². The lowest BCUT2D eigenvalue weighted by Gasteiger charge is -2.28. The van der Waals surface area contributed by atoms with Crippen LogP contribution in [0.2, 0.25) is 0 Å². The molecule has 0 heterocycles. The summed E-state index contributed by atoms with van der Waals surface area (Å²) in [6.45, 7) is 0.635. The van der Waals surface area contributed by atoms with Crippen molar-refractivity contribution in [2.45, 2.75) is 31.3 Å². The number of rotatable bonds is 4. The third-order valence-electron chi connectivity index (χ3n) is 2.46. The van der Waals surface area contributed by atoms with Crippen LogP contribution in [0, 0.1) is 11.3 Å². The highest BCUT2D eigenvalue weighted by molar-refractivity contribution is 5.34. The van der Waals surface area contributed by atoms with Crippen molar-refractivity contribution >= 4 is 0 Å². The molecule has 0 radical (unpaired) electrons. The second-order valence-corrected chi connectivity index (χ2v) is 3.97. The lowest BCUT2D eigenvalue weighted by Crippen LogP contribution is -2.50. The number of nitriles is 1. The third-order valence-corrected chi connectivity index (χ3v) is 2.46. The van der Waals surface area contributed by atoms with Crippen molar-refractivity contribution in [1.29, 1.82) is 5.26 Å². The summed E-state index contributed by atoms with van der Waals surface area (Å²) in [6, 6.07) is 6.49. The van der Waals surface area contributed by atoms with Crippen molar-refractivity contribution < 1.29 is 31.1 Å². The van der Waals surface area contributed by atoms with Gasteiger partial charge in [0.2, 0.25) is 0 Å². The molecule has 0 bridgehead atoms. The van der Waals surface area contributed by atoms with Gasteiger partial charge < -0.3 is 4.74 Å². The van der Waals surface area contributed by atoms with Crippen molar-refractivity contribution in [3.8, 4) is 11.8 Å². The van der Waals surface area contributed by atoms with E-state index < -0.39 is 24.4 Å². The van der Waals surface area contributed by atoms with E-state index in [2.05, 4.69) is 4.74 Å². The van der Waals surface area contributed by atoms with Crippen molar-refractivity contribution in [2.75, 3.05) is 0 Å². The first-order valence-corrected chi connectivity index (χ1v) is 5.34. The van der Waals surface area contributed by atoms with Gasteiger partial charge in [0, 0.05) is 0 Å². The monoisotopic (exact) mass is 297 g/mol. The Bertz CT molecular complexity index is 490. The van der Waals surface area contributed by atoms with E-state index >= 15 is 0 Å². The van der Waals surface area contributed by atoms with E-state index in [0.717, 1.165) is 12.1 Å². The average molecular weight is 297 g/mol. The quantitative estimate of drug-likeness (QED) is 0.791. The van der Waals surface area contributed by atoms with Gasteiger partial charge in [0.05, 0.1) is 11.6 Å². The highest BCUT2D eigenvalue weighted by atomic mass is 19.4. The van der Waals surface area contributed by atoms with Gasteiger partial charge in [-0.2, -0.15) is 27.2 Å². The Kier molecular flexibility index (Phi) is 4.53. The van der Waals surface area contributed by atoms with E-state index in [1.54, 1.807) is 6.07 Å². The molecule has 110 valence electrons. The van der Waals surface area contributed by atoms with E-state index in [1.165, 1.54) is 12.1 Å². The Morgan fingerprint density at radius 2 is 1.60 bits per heavy atom. The molecule has 20 heavy (non-hydrogen) atoms. The predicted molar refractivity (Wildman–Crippen MR) is 57.1 cm³/mol. The van der Waals surface area contributed by atoms with Crippen LogP contribution in [0.3, 0.4) is 0 Å². The molecule has 1 rings (SSSR count). The lowest BCUT2D eigenvalue weighted by atomic mass is 10.1. The number of alkyl halides is 6. The number of ether oxygens (including phenoxy) is 1. The Morgan fingerprint density at radius 3 is 2.00 bits per heavy atom. The Labute approximate surface area is 110 Å². The number of halogens is 6. The maximum Gasteiger partial charge on any atom is 0.425 e. The molecule has 0 amide bonds. The third kappa shape index (κ3) is 3.56. The minimum absolute atomic E-state index is 0.189. The molecule has 0 aromatic heterocycles. The van der Waals surface area contributed by atoms with Crippen LogP contribution in [0.25, 0.3) is 0 Å². The van der Waals surface area contributed by atoms with Crippen molar-refractivity contribution in [3.63, 3.8) is 0 Å². The van der Waals surface area contributed by atoms with Gasteiger partial charge in [-0.05, 0) is 31.2 Å². The van der Waals surface area contributed by atoms with E-state index in [0.29, 0.717) is 6.92 Å². The van der Waals surface area contributed by atoms with Gasteiger partial charge in [-0.25, -0.2) is 4.39 Å². The van der Waals surface area contributed by atoms with Gasteiger partial charge in [-0.1, -0.05) is 0 Å². The minimum Gasteiger partial charge on any atom is -0.484 e. The molecule has 0 N–H and O–H groups in total. The van der Waals surface area contributed by atoms with Crippen LogP contribution in [-0.4, -0.2) is 24.4 Å². The molecule has 0 saturated heterocycles. The molecule has 0 aliphatic heterocycles. The highest BCUT2D eigenvalue weighted by Crippen LogP contribution is 2.38. The van der Waals surface area contributed by atoms with Gasteiger partial charge in [0.15, 0.2) is 6.10 Å². The van der Waals surface area contributed by atoms with Gasteiger partial charge >= 0.3 is 12.1 Å². The fourth-order valence-corrected chi connectivity index (χ4v) is 1.32. The summed E-state index contributed by atoms with van der Waals surface area (Å²) in [6.07, 6.45) is -12.3. The van der Waals surface area contributed by atoms with Gasteiger partial charge in [-0.15, -0.1) is 0 Å². The molecule has 0 aliphatic rings. The first kappa shape index (κ1) is 16.1. The smallest absolute Gasteiger partial charge is 0.425 e. The first-order chi connectivity index (χ1) is 9.09. The molecular weight excluding hydrogens is 288 g/mol. The van der Waals surface area contributed by atoms with Crippen molar-refractivity contribution in [3.05, 3.63) is 29.8 Å². The summed E-state index contributed by atoms with van der Waals surface area (Å²) >= 11 is 0. The second kappa shape index (κ2) is 5.61. The second-order valence-electron chi connectivity index (χ2n) is 3.97. The molecule has 2 unspecified atom stereocenters. The van der Waals surface area contributed by atoms with E-state index in [1.807, 2.05) is 0 Å². The van der Waals surface area contributed by atoms with Gasteiger partial charge in [-0.3, -0.25) is 0 Å². The fourth-order valence-electron chi connectivity index (χ4n) is 1.32. The maximum atomic E-state index is 13.3. The summed E-state index contributed by atoms with van der Waals surface area (Å²) in [5.74, 6) is -4.92. The molecule has 8 heteroatoms. The van der Waals surface area contributed by atoms with Crippen LogP contribution < -0.4 is 4.74 Å². The minimum atomic E-state index is -5.67. The van der Waals surface area contributed by atoms with Crippen LogP contribution in [0.15, 0.2) is 24.3 Å². The van der Waals surface area contributed by atoms with Crippen LogP contribution in [-0.2, 0) is 0 Å². The molecule has 2 nitrogen and oxygen atoms in total. The van der Waals surface area contributed by atoms with Gasteiger partial charge in [0.25, 0.3) is 6.17 Å². The number of benzene rings is 1. The zero-order chi connectivity index (χ0) is 15.6. The normalized spacial score (nSPS) is 15.3. The van der Waals surface area contributed by atoms with Crippen LogP contribution in [0.5, 0.6) is 5.75 Å². The summed E-state index contributed by atoms with van der Waals surface area (Å²) in [5, 5.41) is 8.52. The molecule has 1 aromatic carbocycles. The van der Waals surface area contributed by atoms with Crippen LogP contribution in [0.4, 0.5) is 26.3 Å². The predicted octanol–water partition coefficient (Wildman–Crippen LogP) is 3.86. The summed E-state index contributed by atoms with van der Waals surface area (Å²) in [4.78, 5) is 0. The summed E-state index contributed by atoms with van der Waals surface area (Å²) in [7, 11) is 0. The van der Waals surface area contributed by atoms with Crippen molar-refractivity contribution in [2.24, 2.45) is 0 Å². The van der Waals surface area contributed by atoms with E-state index in [-0.39, 0.29) is 11.3 Å². The largest absolute Gasteiger partial charge is 0.484 e.